The molecule has 170 valence electrons. The van der Waals surface area contributed by atoms with E-state index in [2.05, 4.69) is 16.0 Å². The fourth-order valence-electron chi connectivity index (χ4n) is 3.03. The third-order valence-electron chi connectivity index (χ3n) is 4.87. The summed E-state index contributed by atoms with van der Waals surface area (Å²) in [6.45, 7) is 6.80. The summed E-state index contributed by atoms with van der Waals surface area (Å²) in [6, 6.07) is 6.07. The number of carbonyl (C=O) groups is 4. The van der Waals surface area contributed by atoms with Crippen molar-refractivity contribution < 1.29 is 23.9 Å². The van der Waals surface area contributed by atoms with Gasteiger partial charge in [-0.15, -0.1) is 0 Å². The molecule has 9 heteroatoms. The van der Waals surface area contributed by atoms with Gasteiger partial charge in [0.15, 0.2) is 0 Å². The molecule has 0 aliphatic carbocycles. The molecule has 1 aliphatic heterocycles. The predicted molar refractivity (Wildman–Crippen MR) is 117 cm³/mol. The Kier molecular flexibility index (Phi) is 9.45. The zero-order valence-electron chi connectivity index (χ0n) is 18.4. The summed E-state index contributed by atoms with van der Waals surface area (Å²) in [5.74, 6) is -1.23. The summed E-state index contributed by atoms with van der Waals surface area (Å²) in [6.07, 6.45) is 1.59. The lowest BCUT2D eigenvalue weighted by atomic mass is 10.1. The minimum Gasteiger partial charge on any atom is -0.466 e. The lowest BCUT2D eigenvalue weighted by Crippen LogP contribution is -2.57. The number of piperazine rings is 1. The first-order valence-electron chi connectivity index (χ1n) is 10.7. The maximum Gasteiger partial charge on any atom is 0.307 e. The average Bonchev–Trinajstić information content (AvgIpc) is 2.72. The number of ether oxygens (including phenoxy) is 1. The van der Waals surface area contributed by atoms with E-state index in [-0.39, 0.29) is 36.6 Å². The van der Waals surface area contributed by atoms with Gasteiger partial charge in [-0.2, -0.15) is 0 Å². The zero-order valence-corrected chi connectivity index (χ0v) is 18.4. The molecule has 1 unspecified atom stereocenters. The van der Waals surface area contributed by atoms with Gasteiger partial charge in [-0.1, -0.05) is 27.2 Å². The van der Waals surface area contributed by atoms with Crippen LogP contribution in [0.3, 0.4) is 0 Å². The van der Waals surface area contributed by atoms with Crippen molar-refractivity contribution in [3.63, 3.8) is 0 Å². The van der Waals surface area contributed by atoms with Crippen molar-refractivity contribution in [3.05, 3.63) is 24.3 Å². The van der Waals surface area contributed by atoms with Crippen LogP contribution in [0.25, 0.3) is 0 Å². The molecule has 1 aromatic carbocycles. The Morgan fingerprint density at radius 3 is 2.42 bits per heavy atom. The van der Waals surface area contributed by atoms with Gasteiger partial charge in [-0.05, 0) is 30.7 Å². The van der Waals surface area contributed by atoms with Crippen LogP contribution in [0.1, 0.15) is 40.0 Å². The first kappa shape index (κ1) is 24.3. The van der Waals surface area contributed by atoms with Gasteiger partial charge < -0.3 is 20.7 Å². The molecule has 0 radical (unpaired) electrons. The van der Waals surface area contributed by atoms with E-state index in [1.165, 1.54) is 0 Å². The second-order valence-electron chi connectivity index (χ2n) is 7.82. The smallest absolute Gasteiger partial charge is 0.307 e. The van der Waals surface area contributed by atoms with Crippen molar-refractivity contribution in [2.24, 2.45) is 5.92 Å². The highest BCUT2D eigenvalue weighted by Gasteiger charge is 2.33. The van der Waals surface area contributed by atoms with Crippen LogP contribution >= 0.6 is 0 Å². The maximum absolute atomic E-state index is 12.5. The van der Waals surface area contributed by atoms with Gasteiger partial charge >= 0.3 is 5.97 Å². The standard InChI is InChI=1S/C22H32N4O5/c1-4-5-12-31-20(28)13-18-22(30)23-10-11-26(18)14-19(27)24-16-6-8-17(9-7-16)25-21(29)15(2)3/h6-9,15,18H,4-5,10-14H2,1-3H3,(H,23,30)(H,24,27)(H,25,29). The minimum atomic E-state index is -0.734. The Balaban J connectivity index is 1.90. The maximum atomic E-state index is 12.5. The summed E-state index contributed by atoms with van der Waals surface area (Å²) < 4.78 is 5.16. The fourth-order valence-corrected chi connectivity index (χ4v) is 3.03. The zero-order chi connectivity index (χ0) is 22.8. The monoisotopic (exact) mass is 432 g/mol. The number of hydrogen-bond donors (Lipinski definition) is 3. The van der Waals surface area contributed by atoms with Crippen molar-refractivity contribution >= 4 is 35.1 Å². The van der Waals surface area contributed by atoms with Crippen LogP contribution in [0, 0.1) is 5.92 Å². The van der Waals surface area contributed by atoms with Gasteiger partial charge in [0.05, 0.1) is 19.6 Å². The van der Waals surface area contributed by atoms with Gasteiger partial charge in [0.2, 0.25) is 17.7 Å². The van der Waals surface area contributed by atoms with Crippen LogP contribution < -0.4 is 16.0 Å². The van der Waals surface area contributed by atoms with Gasteiger partial charge in [-0.25, -0.2) is 0 Å². The molecule has 1 aliphatic rings. The van der Waals surface area contributed by atoms with Crippen LogP contribution in [-0.2, 0) is 23.9 Å². The second-order valence-corrected chi connectivity index (χ2v) is 7.82. The number of esters is 1. The molecular formula is C22H32N4O5. The van der Waals surface area contributed by atoms with Crippen molar-refractivity contribution in [2.45, 2.75) is 46.1 Å². The van der Waals surface area contributed by atoms with E-state index in [9.17, 15) is 19.2 Å². The van der Waals surface area contributed by atoms with E-state index in [1.807, 2.05) is 20.8 Å². The number of amides is 3. The van der Waals surface area contributed by atoms with Crippen LogP contribution in [0.2, 0.25) is 0 Å². The second kappa shape index (κ2) is 12.0. The van der Waals surface area contributed by atoms with Gasteiger partial charge in [0.1, 0.15) is 6.04 Å². The van der Waals surface area contributed by atoms with E-state index in [1.54, 1.807) is 29.2 Å². The van der Waals surface area contributed by atoms with E-state index in [4.69, 9.17) is 4.74 Å². The predicted octanol–water partition coefficient (Wildman–Crippen LogP) is 1.75. The quantitative estimate of drug-likeness (QED) is 0.383. The number of benzene rings is 1. The van der Waals surface area contributed by atoms with E-state index >= 15 is 0 Å². The molecule has 1 saturated heterocycles. The molecule has 3 amide bonds. The Morgan fingerprint density at radius 1 is 1.16 bits per heavy atom. The number of nitrogens with one attached hydrogen (secondary N) is 3. The molecule has 1 aromatic rings. The fraction of sp³-hybridized carbons (Fsp3) is 0.545. The summed E-state index contributed by atoms with van der Waals surface area (Å²) in [4.78, 5) is 50.3. The normalized spacial score (nSPS) is 16.5. The van der Waals surface area contributed by atoms with Crippen molar-refractivity contribution in [1.29, 1.82) is 0 Å². The Morgan fingerprint density at radius 2 is 1.81 bits per heavy atom. The minimum absolute atomic E-state index is 0.0217. The number of nitrogens with zero attached hydrogens (tertiary/aromatic N) is 1. The van der Waals surface area contributed by atoms with E-state index in [0.29, 0.717) is 31.1 Å². The van der Waals surface area contributed by atoms with E-state index < -0.39 is 12.0 Å². The summed E-state index contributed by atoms with van der Waals surface area (Å²) >= 11 is 0. The highest BCUT2D eigenvalue weighted by Crippen LogP contribution is 2.15. The summed E-state index contributed by atoms with van der Waals surface area (Å²) in [5, 5.41) is 8.30. The molecular weight excluding hydrogens is 400 g/mol. The van der Waals surface area contributed by atoms with Crippen LogP contribution in [0.4, 0.5) is 11.4 Å². The number of unbranched alkanes of at least 4 members (excludes halogenated alkanes) is 1. The lowest BCUT2D eigenvalue weighted by Gasteiger charge is -2.33. The Labute approximate surface area is 182 Å². The third kappa shape index (κ3) is 8.01. The van der Waals surface area contributed by atoms with Crippen molar-refractivity contribution in [1.82, 2.24) is 10.2 Å². The average molecular weight is 433 g/mol. The van der Waals surface area contributed by atoms with Crippen LogP contribution in [0.5, 0.6) is 0 Å². The van der Waals surface area contributed by atoms with Crippen molar-refractivity contribution in [2.75, 3.05) is 36.9 Å². The molecule has 9 nitrogen and oxygen atoms in total. The highest BCUT2D eigenvalue weighted by atomic mass is 16.5. The lowest BCUT2D eigenvalue weighted by molar-refractivity contribution is -0.149. The molecule has 0 saturated carbocycles. The Hall–Kier alpha value is -2.94. The number of hydrogen-bond acceptors (Lipinski definition) is 6. The first-order valence-corrected chi connectivity index (χ1v) is 10.7. The van der Waals surface area contributed by atoms with Crippen molar-refractivity contribution in [3.8, 4) is 0 Å². The molecule has 0 bridgehead atoms. The Bertz CT molecular complexity index is 779. The molecule has 1 fully saturated rings. The molecule has 0 aromatic heterocycles. The van der Waals surface area contributed by atoms with E-state index in [0.717, 1.165) is 12.8 Å². The molecule has 3 N–H and O–H groups in total. The molecule has 31 heavy (non-hydrogen) atoms. The topological polar surface area (TPSA) is 117 Å². The van der Waals surface area contributed by atoms with Gasteiger partial charge in [0.25, 0.3) is 0 Å². The van der Waals surface area contributed by atoms with Crippen LogP contribution in [0.15, 0.2) is 24.3 Å². The van der Waals surface area contributed by atoms with Crippen LogP contribution in [-0.4, -0.2) is 60.9 Å². The first-order chi connectivity index (χ1) is 14.8. The van der Waals surface area contributed by atoms with Gasteiger partial charge in [0, 0.05) is 30.4 Å². The molecule has 2 rings (SSSR count). The number of anilines is 2. The highest BCUT2D eigenvalue weighted by molar-refractivity contribution is 5.95. The van der Waals surface area contributed by atoms with Gasteiger partial charge in [-0.3, -0.25) is 24.1 Å². The SMILES string of the molecule is CCCCOC(=O)CC1C(=O)NCCN1CC(=O)Nc1ccc(NC(=O)C(C)C)cc1. The largest absolute Gasteiger partial charge is 0.466 e. The molecule has 1 atom stereocenters. The summed E-state index contributed by atoms with van der Waals surface area (Å²) in [5.41, 5.74) is 1.22. The number of carbonyl (C=O) groups excluding carboxylic acids is 4. The molecule has 0 spiro atoms. The third-order valence-corrected chi connectivity index (χ3v) is 4.87. The molecule has 1 heterocycles. The number of rotatable bonds is 10. The summed E-state index contributed by atoms with van der Waals surface area (Å²) in [7, 11) is 0.